The molecule has 0 bridgehead atoms. The van der Waals surface area contributed by atoms with Crippen molar-refractivity contribution in [2.45, 2.75) is 15.2 Å². The van der Waals surface area contributed by atoms with E-state index in [0.29, 0.717) is 21.3 Å². The molecule has 3 nitrogen and oxygen atoms in total. The lowest BCUT2D eigenvalue weighted by atomic mass is 9.70. The normalized spacial score (nSPS) is 18.2. The molecule has 1 spiro atoms. The highest BCUT2D eigenvalue weighted by molar-refractivity contribution is 7.94. The van der Waals surface area contributed by atoms with E-state index in [1.807, 2.05) is 54.6 Å². The summed E-state index contributed by atoms with van der Waals surface area (Å²) in [6, 6.07) is 50.1. The summed E-state index contributed by atoms with van der Waals surface area (Å²) in [5, 5.41) is 0. The quantitative estimate of drug-likeness (QED) is 0.209. The monoisotopic (exact) mass is 556 g/mol. The number of hydrogen-bond acceptors (Lipinski definition) is 3. The molecule has 0 saturated heterocycles. The SMILES string of the molecule is O=S1(c2ccccc2)=NC(c2ccc3c(c2)-c2ccccc2C32c3ccccc3-c3ccccc32)=Nc2ccccc21. The summed E-state index contributed by atoms with van der Waals surface area (Å²) in [5.41, 5.74) is 11.3. The molecule has 0 aromatic heterocycles. The summed E-state index contributed by atoms with van der Waals surface area (Å²) in [5.74, 6) is 0.496. The van der Waals surface area contributed by atoms with Crippen LogP contribution in [0.2, 0.25) is 0 Å². The first-order valence-electron chi connectivity index (χ1n) is 14.1. The maximum absolute atomic E-state index is 14.7. The second kappa shape index (κ2) is 8.48. The average molecular weight is 557 g/mol. The van der Waals surface area contributed by atoms with Gasteiger partial charge < -0.3 is 0 Å². The molecule has 0 fully saturated rings. The summed E-state index contributed by atoms with van der Waals surface area (Å²) in [6.45, 7) is 0. The molecule has 1 heterocycles. The van der Waals surface area contributed by atoms with Gasteiger partial charge in [0, 0.05) is 5.56 Å². The van der Waals surface area contributed by atoms with Crippen LogP contribution in [0.15, 0.2) is 165 Å². The third kappa shape index (κ3) is 2.94. The van der Waals surface area contributed by atoms with Crippen molar-refractivity contribution in [2.75, 3.05) is 0 Å². The Bertz CT molecular complexity index is 2210. The Kier molecular flexibility index (Phi) is 4.77. The molecule has 9 rings (SSSR count). The Balaban J connectivity index is 1.31. The van der Waals surface area contributed by atoms with Crippen LogP contribution in [0.25, 0.3) is 22.3 Å². The smallest absolute Gasteiger partial charge is 0.170 e. The molecule has 1 aliphatic heterocycles. The fourth-order valence-electron chi connectivity index (χ4n) is 7.23. The molecule has 2 aliphatic carbocycles. The largest absolute Gasteiger partial charge is 0.239 e. The van der Waals surface area contributed by atoms with Gasteiger partial charge in [0.2, 0.25) is 0 Å². The van der Waals surface area contributed by atoms with Gasteiger partial charge in [-0.3, -0.25) is 0 Å². The average Bonchev–Trinajstić information content (AvgIpc) is 3.52. The summed E-state index contributed by atoms with van der Waals surface area (Å²) in [7, 11) is -2.91. The van der Waals surface area contributed by atoms with Gasteiger partial charge in [-0.2, -0.15) is 4.36 Å². The van der Waals surface area contributed by atoms with Crippen LogP contribution in [0.4, 0.5) is 5.69 Å². The van der Waals surface area contributed by atoms with Gasteiger partial charge in [0.25, 0.3) is 0 Å². The number of nitrogens with zero attached hydrogens (tertiary/aromatic N) is 2. The van der Waals surface area contributed by atoms with E-state index in [9.17, 15) is 4.21 Å². The van der Waals surface area contributed by atoms with Crippen LogP contribution in [0.1, 0.15) is 27.8 Å². The van der Waals surface area contributed by atoms with Crippen LogP contribution < -0.4 is 0 Å². The fourth-order valence-corrected chi connectivity index (χ4v) is 9.26. The molecule has 42 heavy (non-hydrogen) atoms. The summed E-state index contributed by atoms with van der Waals surface area (Å²) in [6.07, 6.45) is 0. The predicted octanol–water partition coefficient (Wildman–Crippen LogP) is 9.01. The van der Waals surface area contributed by atoms with Gasteiger partial charge in [0.1, 0.15) is 9.73 Å². The van der Waals surface area contributed by atoms with Gasteiger partial charge >= 0.3 is 0 Å². The minimum atomic E-state index is -2.91. The molecule has 1 atom stereocenters. The van der Waals surface area contributed by atoms with E-state index in [0.717, 1.165) is 11.1 Å². The second-order valence-electron chi connectivity index (χ2n) is 11.0. The second-order valence-corrected chi connectivity index (χ2v) is 13.1. The van der Waals surface area contributed by atoms with Gasteiger partial charge in [-0.1, -0.05) is 115 Å². The van der Waals surface area contributed by atoms with Gasteiger partial charge in [-0.15, -0.1) is 0 Å². The van der Waals surface area contributed by atoms with Gasteiger partial charge in [0.05, 0.1) is 20.9 Å². The van der Waals surface area contributed by atoms with Crippen molar-refractivity contribution in [3.05, 3.63) is 173 Å². The lowest BCUT2D eigenvalue weighted by Crippen LogP contribution is -2.25. The van der Waals surface area contributed by atoms with Crippen LogP contribution >= 0.6 is 0 Å². The topological polar surface area (TPSA) is 41.8 Å². The molecule has 4 heteroatoms. The molecule has 3 aliphatic rings. The van der Waals surface area contributed by atoms with Crippen LogP contribution in [0.5, 0.6) is 0 Å². The molecule has 6 aromatic carbocycles. The van der Waals surface area contributed by atoms with Crippen LogP contribution in [-0.2, 0) is 15.1 Å². The van der Waals surface area contributed by atoms with Crippen LogP contribution in [0, 0.1) is 0 Å². The van der Waals surface area contributed by atoms with E-state index in [4.69, 9.17) is 9.36 Å². The maximum Gasteiger partial charge on any atom is 0.170 e. The maximum atomic E-state index is 14.7. The van der Waals surface area contributed by atoms with E-state index < -0.39 is 15.1 Å². The Morgan fingerprint density at radius 2 is 1.02 bits per heavy atom. The van der Waals surface area contributed by atoms with E-state index in [2.05, 4.69) is 91.0 Å². The number of para-hydroxylation sites is 1. The summed E-state index contributed by atoms with van der Waals surface area (Å²) < 4.78 is 19.6. The molecular formula is C38H24N2OS. The Morgan fingerprint density at radius 3 is 1.69 bits per heavy atom. The highest BCUT2D eigenvalue weighted by atomic mass is 32.2. The van der Waals surface area contributed by atoms with Crippen molar-refractivity contribution in [3.63, 3.8) is 0 Å². The molecule has 0 N–H and O–H groups in total. The van der Waals surface area contributed by atoms with Crippen LogP contribution in [-0.4, -0.2) is 10.0 Å². The highest BCUT2D eigenvalue weighted by Crippen LogP contribution is 2.62. The van der Waals surface area contributed by atoms with Crippen molar-refractivity contribution < 1.29 is 4.21 Å². The first-order valence-corrected chi connectivity index (χ1v) is 15.7. The third-order valence-electron chi connectivity index (χ3n) is 8.92. The minimum absolute atomic E-state index is 0.395. The molecule has 0 radical (unpaired) electrons. The minimum Gasteiger partial charge on any atom is -0.239 e. The van der Waals surface area contributed by atoms with Crippen molar-refractivity contribution in [1.82, 2.24) is 0 Å². The first-order chi connectivity index (χ1) is 20.7. The fraction of sp³-hybridized carbons (Fsp3) is 0.0263. The molecule has 6 aromatic rings. The van der Waals surface area contributed by atoms with Crippen molar-refractivity contribution in [2.24, 2.45) is 9.36 Å². The van der Waals surface area contributed by atoms with Gasteiger partial charge in [-0.25, -0.2) is 9.20 Å². The first kappa shape index (κ1) is 23.6. The van der Waals surface area contributed by atoms with E-state index >= 15 is 0 Å². The lowest BCUT2D eigenvalue weighted by Gasteiger charge is -2.30. The van der Waals surface area contributed by atoms with Gasteiger partial charge in [0.15, 0.2) is 5.84 Å². The predicted molar refractivity (Wildman–Crippen MR) is 169 cm³/mol. The molecule has 1 unspecified atom stereocenters. The van der Waals surface area contributed by atoms with Gasteiger partial charge in [-0.05, 0) is 74.8 Å². The Labute approximate surface area is 245 Å². The number of amidine groups is 1. The summed E-state index contributed by atoms with van der Waals surface area (Å²) >= 11 is 0. The number of benzene rings is 6. The van der Waals surface area contributed by atoms with Crippen molar-refractivity contribution in [3.8, 4) is 22.3 Å². The zero-order valence-electron chi connectivity index (χ0n) is 22.6. The van der Waals surface area contributed by atoms with Crippen LogP contribution in [0.3, 0.4) is 0 Å². The number of aliphatic imine (C=N–C) groups is 1. The number of fused-ring (bicyclic) bond motifs is 11. The lowest BCUT2D eigenvalue weighted by molar-refractivity contribution is 0.676. The standard InChI is InChI=1S/C38H24N2OS/c41-42(26-12-2-1-3-13-26)36-21-11-10-20-35(36)39-37(40-42)25-22-23-34-30(24-25)29-16-6-9-19-33(29)38(34)31-17-7-4-14-27(31)28-15-5-8-18-32(28)38/h1-24H. The van der Waals surface area contributed by atoms with Crippen molar-refractivity contribution in [1.29, 1.82) is 0 Å². The third-order valence-corrected chi connectivity index (χ3v) is 11.2. The molecular weight excluding hydrogens is 532 g/mol. The molecule has 0 amide bonds. The van der Waals surface area contributed by atoms with Crippen molar-refractivity contribution >= 4 is 21.3 Å². The van der Waals surface area contributed by atoms with E-state index in [-0.39, 0.29) is 0 Å². The number of hydrogen-bond donors (Lipinski definition) is 0. The zero-order valence-corrected chi connectivity index (χ0v) is 23.4. The Hall–Kier alpha value is -5.06. The highest BCUT2D eigenvalue weighted by Gasteiger charge is 2.51. The molecule has 0 saturated carbocycles. The molecule has 198 valence electrons. The van der Waals surface area contributed by atoms with E-state index in [1.54, 1.807) is 0 Å². The van der Waals surface area contributed by atoms with E-state index in [1.165, 1.54) is 38.9 Å². The summed E-state index contributed by atoms with van der Waals surface area (Å²) in [4.78, 5) is 6.30. The number of rotatable bonds is 2. The Morgan fingerprint density at radius 1 is 0.500 bits per heavy atom. The zero-order chi connectivity index (χ0) is 27.9.